The normalized spacial score (nSPS) is 16.2. The second-order valence-corrected chi connectivity index (χ2v) is 7.62. The van der Waals surface area contributed by atoms with Gasteiger partial charge >= 0.3 is 0 Å². The molecule has 1 aliphatic heterocycles. The van der Waals surface area contributed by atoms with Crippen molar-refractivity contribution in [1.82, 2.24) is 14.4 Å². The van der Waals surface area contributed by atoms with Gasteiger partial charge in [0.1, 0.15) is 5.75 Å². The molecule has 2 heterocycles. The van der Waals surface area contributed by atoms with Crippen LogP contribution in [0, 0.1) is 0 Å². The molecule has 8 heteroatoms. The summed E-state index contributed by atoms with van der Waals surface area (Å²) in [5.41, 5.74) is 0. The van der Waals surface area contributed by atoms with E-state index in [1.807, 2.05) is 6.92 Å². The smallest absolute Gasteiger partial charge is 0.243 e. The summed E-state index contributed by atoms with van der Waals surface area (Å²) < 4.78 is 37.3. The Labute approximate surface area is 141 Å². The second-order valence-electron chi connectivity index (χ2n) is 5.68. The molecule has 0 bridgehead atoms. The van der Waals surface area contributed by atoms with Crippen molar-refractivity contribution in [2.45, 2.75) is 44.1 Å². The lowest BCUT2D eigenvalue weighted by atomic mass is 10.2. The Morgan fingerprint density at radius 2 is 1.88 bits per heavy atom. The summed E-state index contributed by atoms with van der Waals surface area (Å²) in [6, 6.07) is 6.45. The Morgan fingerprint density at radius 1 is 1.17 bits per heavy atom. The van der Waals surface area contributed by atoms with Gasteiger partial charge in [-0.3, -0.25) is 0 Å². The molecule has 0 spiro atoms. The third-order valence-electron chi connectivity index (χ3n) is 3.96. The Balaban J connectivity index is 1.64. The predicted molar refractivity (Wildman–Crippen MR) is 87.1 cm³/mol. The number of piperidine rings is 1. The van der Waals surface area contributed by atoms with Gasteiger partial charge in [-0.05, 0) is 37.1 Å². The maximum Gasteiger partial charge on any atom is 0.243 e. The van der Waals surface area contributed by atoms with Crippen LogP contribution >= 0.6 is 0 Å². The number of sulfonamides is 1. The fourth-order valence-corrected chi connectivity index (χ4v) is 4.12. The molecule has 0 saturated carbocycles. The van der Waals surface area contributed by atoms with Crippen LogP contribution in [0.5, 0.6) is 5.75 Å². The van der Waals surface area contributed by atoms with Crippen molar-refractivity contribution in [2.24, 2.45) is 0 Å². The summed E-state index contributed by atoms with van der Waals surface area (Å²) in [5, 5.41) is 3.81. The lowest BCUT2D eigenvalue weighted by Crippen LogP contribution is -2.35. The van der Waals surface area contributed by atoms with E-state index in [0.717, 1.165) is 19.3 Å². The third kappa shape index (κ3) is 3.76. The molecule has 24 heavy (non-hydrogen) atoms. The van der Waals surface area contributed by atoms with Gasteiger partial charge < -0.3 is 9.26 Å². The average Bonchev–Trinajstić information content (AvgIpc) is 3.09. The summed E-state index contributed by atoms with van der Waals surface area (Å²) in [7, 11) is -3.41. The van der Waals surface area contributed by atoms with E-state index in [1.54, 1.807) is 28.6 Å². The van der Waals surface area contributed by atoms with Gasteiger partial charge in [-0.2, -0.15) is 9.29 Å². The van der Waals surface area contributed by atoms with Crippen molar-refractivity contribution in [2.75, 3.05) is 13.1 Å². The van der Waals surface area contributed by atoms with Crippen LogP contribution in [0.2, 0.25) is 0 Å². The Bertz CT molecular complexity index is 765. The van der Waals surface area contributed by atoms with Crippen LogP contribution in [0.15, 0.2) is 33.7 Å². The van der Waals surface area contributed by atoms with E-state index in [4.69, 9.17) is 9.26 Å². The highest BCUT2D eigenvalue weighted by molar-refractivity contribution is 7.89. The van der Waals surface area contributed by atoms with E-state index in [1.165, 1.54) is 0 Å². The first-order valence-electron chi connectivity index (χ1n) is 8.14. The zero-order valence-corrected chi connectivity index (χ0v) is 14.5. The molecule has 0 aliphatic carbocycles. The van der Waals surface area contributed by atoms with Crippen LogP contribution in [0.3, 0.4) is 0 Å². The van der Waals surface area contributed by atoms with Gasteiger partial charge in [0.2, 0.25) is 21.7 Å². The molecule has 1 saturated heterocycles. The highest BCUT2D eigenvalue weighted by Crippen LogP contribution is 2.23. The van der Waals surface area contributed by atoms with Gasteiger partial charge in [0, 0.05) is 19.5 Å². The molecule has 1 aromatic carbocycles. The van der Waals surface area contributed by atoms with Gasteiger partial charge in [-0.1, -0.05) is 18.5 Å². The Kier molecular flexibility index (Phi) is 5.15. The second kappa shape index (κ2) is 7.31. The molecule has 0 atom stereocenters. The Hall–Kier alpha value is -1.93. The first kappa shape index (κ1) is 16.9. The minimum absolute atomic E-state index is 0.182. The van der Waals surface area contributed by atoms with Crippen LogP contribution < -0.4 is 4.74 Å². The molecule has 2 aromatic rings. The molecular weight excluding hydrogens is 330 g/mol. The van der Waals surface area contributed by atoms with Crippen LogP contribution in [0.4, 0.5) is 0 Å². The van der Waals surface area contributed by atoms with Gasteiger partial charge in [0.25, 0.3) is 0 Å². The van der Waals surface area contributed by atoms with Crippen molar-refractivity contribution in [3.8, 4) is 5.75 Å². The summed E-state index contributed by atoms with van der Waals surface area (Å²) in [5.74, 6) is 1.60. The first-order valence-corrected chi connectivity index (χ1v) is 9.58. The van der Waals surface area contributed by atoms with Crippen molar-refractivity contribution in [3.63, 3.8) is 0 Å². The molecule has 7 nitrogen and oxygen atoms in total. The minimum atomic E-state index is -3.41. The summed E-state index contributed by atoms with van der Waals surface area (Å²) in [6.45, 7) is 3.30. The molecule has 0 N–H and O–H groups in total. The van der Waals surface area contributed by atoms with Gasteiger partial charge in [0.05, 0.1) is 4.90 Å². The summed E-state index contributed by atoms with van der Waals surface area (Å²) in [6.07, 6.45) is 3.61. The Morgan fingerprint density at radius 3 is 2.50 bits per heavy atom. The summed E-state index contributed by atoms with van der Waals surface area (Å²) in [4.78, 5) is 4.45. The average molecular weight is 351 g/mol. The van der Waals surface area contributed by atoms with E-state index in [0.29, 0.717) is 41.9 Å². The molecular formula is C16H21N3O4S. The summed E-state index contributed by atoms with van der Waals surface area (Å²) >= 11 is 0. The third-order valence-corrected chi connectivity index (χ3v) is 5.87. The molecule has 1 fully saturated rings. The SMILES string of the molecule is CCc1nc(COc2ccc(S(=O)(=O)N3CCCCC3)cc2)no1. The number of nitrogens with zero attached hydrogens (tertiary/aromatic N) is 3. The number of benzene rings is 1. The standard InChI is InChI=1S/C16H21N3O4S/c1-2-16-17-15(18-23-16)12-22-13-6-8-14(9-7-13)24(20,21)19-10-4-3-5-11-19/h6-9H,2-5,10-12H2,1H3. The van der Waals surface area contributed by atoms with E-state index >= 15 is 0 Å². The van der Waals surface area contributed by atoms with Gasteiger partial charge in [-0.25, -0.2) is 8.42 Å². The van der Waals surface area contributed by atoms with Crippen LogP contribution in [0.25, 0.3) is 0 Å². The number of rotatable bonds is 6. The van der Waals surface area contributed by atoms with Crippen molar-refractivity contribution < 1.29 is 17.7 Å². The monoisotopic (exact) mass is 351 g/mol. The van der Waals surface area contributed by atoms with Crippen LogP contribution in [0.1, 0.15) is 37.9 Å². The van der Waals surface area contributed by atoms with Gasteiger partial charge in [0.15, 0.2) is 6.61 Å². The van der Waals surface area contributed by atoms with Crippen molar-refractivity contribution in [1.29, 1.82) is 0 Å². The number of hydrogen-bond donors (Lipinski definition) is 0. The lowest BCUT2D eigenvalue weighted by molar-refractivity contribution is 0.285. The largest absolute Gasteiger partial charge is 0.485 e. The highest BCUT2D eigenvalue weighted by atomic mass is 32.2. The van der Waals surface area contributed by atoms with Crippen LogP contribution in [-0.4, -0.2) is 36.0 Å². The molecule has 0 amide bonds. The molecule has 1 aromatic heterocycles. The fraction of sp³-hybridized carbons (Fsp3) is 0.500. The fourth-order valence-electron chi connectivity index (χ4n) is 2.60. The van der Waals surface area contributed by atoms with Crippen molar-refractivity contribution in [3.05, 3.63) is 36.0 Å². The molecule has 0 unspecified atom stereocenters. The van der Waals surface area contributed by atoms with Crippen molar-refractivity contribution >= 4 is 10.0 Å². The van der Waals surface area contributed by atoms with E-state index in [-0.39, 0.29) is 6.61 Å². The quantitative estimate of drug-likeness (QED) is 0.794. The van der Waals surface area contributed by atoms with Gasteiger partial charge in [-0.15, -0.1) is 0 Å². The molecule has 0 radical (unpaired) electrons. The number of ether oxygens (including phenoxy) is 1. The lowest BCUT2D eigenvalue weighted by Gasteiger charge is -2.25. The predicted octanol–water partition coefficient (Wildman–Crippen LogP) is 2.39. The number of hydrogen-bond acceptors (Lipinski definition) is 6. The highest BCUT2D eigenvalue weighted by Gasteiger charge is 2.25. The molecule has 3 rings (SSSR count). The zero-order chi connectivity index (χ0) is 17.0. The first-order chi connectivity index (χ1) is 11.6. The zero-order valence-electron chi connectivity index (χ0n) is 13.6. The maximum absolute atomic E-state index is 12.6. The maximum atomic E-state index is 12.6. The van der Waals surface area contributed by atoms with E-state index < -0.39 is 10.0 Å². The molecule has 1 aliphatic rings. The minimum Gasteiger partial charge on any atom is -0.485 e. The topological polar surface area (TPSA) is 85.5 Å². The van der Waals surface area contributed by atoms with Crippen LogP contribution in [-0.2, 0) is 23.1 Å². The van der Waals surface area contributed by atoms with E-state index in [2.05, 4.69) is 10.1 Å². The van der Waals surface area contributed by atoms with E-state index in [9.17, 15) is 8.42 Å². The number of aryl methyl sites for hydroxylation is 1. The molecule has 130 valence electrons. The number of aromatic nitrogens is 2.